The van der Waals surface area contributed by atoms with E-state index in [4.69, 9.17) is 5.11 Å². The molecular weight excluding hydrogens is 250 g/mol. The van der Waals surface area contributed by atoms with E-state index < -0.39 is 5.97 Å². The molecule has 5 heteroatoms. The van der Waals surface area contributed by atoms with Crippen LogP contribution >= 0.6 is 11.3 Å². The number of aliphatic carboxylic acids is 1. The highest BCUT2D eigenvalue weighted by molar-refractivity contribution is 7.09. The fourth-order valence-electron chi connectivity index (χ4n) is 1.69. The number of rotatable bonds is 8. The standard InChI is InChI=1S/C13H19NO3S/c1-2-10(9-13(16)17)14-12(15)7-3-5-11-6-4-8-18-11/h4,6,8,10H,2-3,5,7,9H2,1H3,(H,14,15)(H,16,17). The average molecular weight is 269 g/mol. The number of carbonyl (C=O) groups is 2. The SMILES string of the molecule is CCC(CC(=O)O)NC(=O)CCCc1cccs1. The van der Waals surface area contributed by atoms with E-state index in [-0.39, 0.29) is 18.4 Å². The van der Waals surface area contributed by atoms with Gasteiger partial charge < -0.3 is 10.4 Å². The predicted octanol–water partition coefficient (Wildman–Crippen LogP) is 2.44. The Kier molecular flexibility index (Phi) is 6.43. The number of carboxylic acids is 1. The highest BCUT2D eigenvalue weighted by Crippen LogP contribution is 2.12. The van der Waals surface area contributed by atoms with Crippen LogP contribution in [-0.2, 0) is 16.0 Å². The lowest BCUT2D eigenvalue weighted by Gasteiger charge is -2.14. The van der Waals surface area contributed by atoms with Gasteiger partial charge in [-0.05, 0) is 30.7 Å². The molecule has 1 heterocycles. The van der Waals surface area contributed by atoms with Crippen molar-refractivity contribution in [1.29, 1.82) is 0 Å². The van der Waals surface area contributed by atoms with Crippen LogP contribution in [0.4, 0.5) is 0 Å². The Balaban J connectivity index is 2.21. The van der Waals surface area contributed by atoms with Crippen molar-refractivity contribution in [3.63, 3.8) is 0 Å². The minimum Gasteiger partial charge on any atom is -0.481 e. The molecule has 100 valence electrons. The van der Waals surface area contributed by atoms with E-state index in [1.54, 1.807) is 11.3 Å². The molecule has 0 aromatic carbocycles. The van der Waals surface area contributed by atoms with Gasteiger partial charge in [-0.1, -0.05) is 13.0 Å². The fourth-order valence-corrected chi connectivity index (χ4v) is 2.44. The molecule has 0 spiro atoms. The molecule has 1 aromatic rings. The molecule has 0 saturated heterocycles. The largest absolute Gasteiger partial charge is 0.481 e. The van der Waals surface area contributed by atoms with Gasteiger partial charge in [-0.3, -0.25) is 9.59 Å². The van der Waals surface area contributed by atoms with Crippen LogP contribution in [0.5, 0.6) is 0 Å². The van der Waals surface area contributed by atoms with Gasteiger partial charge >= 0.3 is 5.97 Å². The monoisotopic (exact) mass is 269 g/mol. The van der Waals surface area contributed by atoms with Crippen LogP contribution in [0.3, 0.4) is 0 Å². The van der Waals surface area contributed by atoms with Gasteiger partial charge in [0.25, 0.3) is 0 Å². The van der Waals surface area contributed by atoms with Crippen LogP contribution in [-0.4, -0.2) is 23.0 Å². The molecule has 0 fully saturated rings. The summed E-state index contributed by atoms with van der Waals surface area (Å²) in [5.41, 5.74) is 0. The molecule has 2 N–H and O–H groups in total. The lowest BCUT2D eigenvalue weighted by Crippen LogP contribution is -2.35. The maximum absolute atomic E-state index is 11.6. The molecule has 1 aromatic heterocycles. The summed E-state index contributed by atoms with van der Waals surface area (Å²) in [5.74, 6) is -0.930. The van der Waals surface area contributed by atoms with E-state index in [9.17, 15) is 9.59 Å². The number of hydrogen-bond donors (Lipinski definition) is 2. The number of carbonyl (C=O) groups excluding carboxylic acids is 1. The molecule has 1 amide bonds. The van der Waals surface area contributed by atoms with Gasteiger partial charge in [0, 0.05) is 17.3 Å². The Hall–Kier alpha value is -1.36. The summed E-state index contributed by atoms with van der Waals surface area (Å²) in [6.07, 6.45) is 2.79. The van der Waals surface area contributed by atoms with Crippen molar-refractivity contribution < 1.29 is 14.7 Å². The highest BCUT2D eigenvalue weighted by atomic mass is 32.1. The smallest absolute Gasteiger partial charge is 0.305 e. The summed E-state index contributed by atoms with van der Waals surface area (Å²) in [6, 6.07) is 3.80. The third-order valence-corrected chi connectivity index (χ3v) is 3.62. The summed E-state index contributed by atoms with van der Waals surface area (Å²) >= 11 is 1.69. The van der Waals surface area contributed by atoms with Gasteiger partial charge in [0.1, 0.15) is 0 Å². The van der Waals surface area contributed by atoms with Crippen LogP contribution in [0.25, 0.3) is 0 Å². The Morgan fingerprint density at radius 2 is 2.28 bits per heavy atom. The maximum atomic E-state index is 11.6. The number of carboxylic acid groups (broad SMARTS) is 1. The van der Waals surface area contributed by atoms with Gasteiger partial charge in [0.15, 0.2) is 0 Å². The number of amides is 1. The summed E-state index contributed by atoms with van der Waals surface area (Å²) in [6.45, 7) is 1.87. The Labute approximate surface area is 111 Å². The molecule has 1 rings (SSSR count). The first kappa shape index (κ1) is 14.7. The van der Waals surface area contributed by atoms with Crippen LogP contribution in [0.1, 0.15) is 37.5 Å². The second kappa shape index (κ2) is 7.87. The average Bonchev–Trinajstić information content (AvgIpc) is 2.80. The molecule has 18 heavy (non-hydrogen) atoms. The normalized spacial score (nSPS) is 12.1. The minimum atomic E-state index is -0.874. The Morgan fingerprint density at radius 1 is 1.50 bits per heavy atom. The molecule has 0 aliphatic carbocycles. The fraction of sp³-hybridized carbons (Fsp3) is 0.538. The molecule has 0 aliphatic rings. The third-order valence-electron chi connectivity index (χ3n) is 2.69. The lowest BCUT2D eigenvalue weighted by molar-refractivity contribution is -0.137. The molecule has 0 saturated carbocycles. The first-order valence-electron chi connectivity index (χ1n) is 6.15. The van der Waals surface area contributed by atoms with Crippen molar-refractivity contribution in [3.8, 4) is 0 Å². The topological polar surface area (TPSA) is 66.4 Å². The summed E-state index contributed by atoms with van der Waals surface area (Å²) < 4.78 is 0. The van der Waals surface area contributed by atoms with Crippen molar-refractivity contribution in [2.75, 3.05) is 0 Å². The molecule has 0 bridgehead atoms. The lowest BCUT2D eigenvalue weighted by atomic mass is 10.1. The van der Waals surface area contributed by atoms with Crippen molar-refractivity contribution in [3.05, 3.63) is 22.4 Å². The van der Waals surface area contributed by atoms with Crippen molar-refractivity contribution in [2.45, 2.75) is 45.1 Å². The van der Waals surface area contributed by atoms with E-state index >= 15 is 0 Å². The third kappa shape index (κ3) is 5.82. The van der Waals surface area contributed by atoms with Crippen LogP contribution in [0.2, 0.25) is 0 Å². The van der Waals surface area contributed by atoms with Crippen LogP contribution in [0.15, 0.2) is 17.5 Å². The summed E-state index contributed by atoms with van der Waals surface area (Å²) in [5, 5.41) is 13.5. The van der Waals surface area contributed by atoms with E-state index in [1.165, 1.54) is 4.88 Å². The highest BCUT2D eigenvalue weighted by Gasteiger charge is 2.13. The van der Waals surface area contributed by atoms with Gasteiger partial charge in [-0.15, -0.1) is 11.3 Å². The Morgan fingerprint density at radius 3 is 2.83 bits per heavy atom. The molecular formula is C13H19NO3S. The summed E-state index contributed by atoms with van der Waals surface area (Å²) in [7, 11) is 0. The molecule has 0 radical (unpaired) electrons. The van der Waals surface area contributed by atoms with E-state index in [1.807, 2.05) is 18.4 Å². The van der Waals surface area contributed by atoms with Gasteiger partial charge in [0.2, 0.25) is 5.91 Å². The Bertz CT molecular complexity index is 376. The van der Waals surface area contributed by atoms with Gasteiger partial charge in [0.05, 0.1) is 6.42 Å². The van der Waals surface area contributed by atoms with Crippen molar-refractivity contribution >= 4 is 23.2 Å². The second-order valence-corrected chi connectivity index (χ2v) is 5.24. The number of aryl methyl sites for hydroxylation is 1. The zero-order valence-corrected chi connectivity index (χ0v) is 11.3. The van der Waals surface area contributed by atoms with Crippen LogP contribution < -0.4 is 5.32 Å². The number of thiophene rings is 1. The van der Waals surface area contributed by atoms with Crippen molar-refractivity contribution in [1.82, 2.24) is 5.32 Å². The molecule has 1 atom stereocenters. The first-order chi connectivity index (χ1) is 8.61. The van der Waals surface area contributed by atoms with Crippen LogP contribution in [0, 0.1) is 0 Å². The summed E-state index contributed by atoms with van der Waals surface area (Å²) in [4.78, 5) is 23.5. The first-order valence-corrected chi connectivity index (χ1v) is 7.03. The predicted molar refractivity (Wildman–Crippen MR) is 71.7 cm³/mol. The molecule has 0 aliphatic heterocycles. The van der Waals surface area contributed by atoms with Gasteiger partial charge in [-0.2, -0.15) is 0 Å². The number of hydrogen-bond acceptors (Lipinski definition) is 3. The quantitative estimate of drug-likeness (QED) is 0.761. The van der Waals surface area contributed by atoms with E-state index in [2.05, 4.69) is 11.4 Å². The van der Waals surface area contributed by atoms with Crippen molar-refractivity contribution in [2.24, 2.45) is 0 Å². The number of nitrogens with one attached hydrogen (secondary N) is 1. The zero-order chi connectivity index (χ0) is 13.4. The second-order valence-electron chi connectivity index (χ2n) is 4.20. The molecule has 1 unspecified atom stereocenters. The van der Waals surface area contributed by atoms with E-state index in [0.29, 0.717) is 12.8 Å². The van der Waals surface area contributed by atoms with Gasteiger partial charge in [-0.25, -0.2) is 0 Å². The maximum Gasteiger partial charge on any atom is 0.305 e. The molecule has 4 nitrogen and oxygen atoms in total. The minimum absolute atomic E-state index is 0.00678. The van der Waals surface area contributed by atoms with E-state index in [0.717, 1.165) is 12.8 Å². The zero-order valence-electron chi connectivity index (χ0n) is 10.5.